The van der Waals surface area contributed by atoms with Crippen LogP contribution < -0.4 is 0 Å². The standard InChI is InChI=1S/C22H17ClN4/c1-14-5-8-20-21(10-14)26-22(25-20)16(13-24)11-17-4-3-9-27(17)18-7-6-15(2)19(23)12-18/h3-12H,1-2H3,(H,25,26)/b16-11-. The third-order valence-corrected chi connectivity index (χ3v) is 4.93. The molecule has 0 saturated heterocycles. The van der Waals surface area contributed by atoms with E-state index in [2.05, 4.69) is 16.0 Å². The third kappa shape index (κ3) is 3.25. The van der Waals surface area contributed by atoms with Crippen LogP contribution in [0.25, 0.3) is 28.4 Å². The van der Waals surface area contributed by atoms with Crippen molar-refractivity contribution in [2.45, 2.75) is 13.8 Å². The summed E-state index contributed by atoms with van der Waals surface area (Å²) < 4.78 is 2.00. The summed E-state index contributed by atoms with van der Waals surface area (Å²) >= 11 is 6.27. The first-order valence-electron chi connectivity index (χ1n) is 8.57. The van der Waals surface area contributed by atoms with E-state index in [4.69, 9.17) is 11.6 Å². The van der Waals surface area contributed by atoms with Gasteiger partial charge in [0.25, 0.3) is 0 Å². The van der Waals surface area contributed by atoms with Crippen LogP contribution in [0, 0.1) is 25.2 Å². The summed E-state index contributed by atoms with van der Waals surface area (Å²) in [6.45, 7) is 4.00. The minimum atomic E-state index is 0.474. The quantitative estimate of drug-likeness (QED) is 0.470. The summed E-state index contributed by atoms with van der Waals surface area (Å²) in [7, 11) is 0. The molecule has 0 aliphatic rings. The molecule has 4 nitrogen and oxygen atoms in total. The van der Waals surface area contributed by atoms with E-state index in [1.54, 1.807) is 0 Å². The van der Waals surface area contributed by atoms with Gasteiger partial charge in [-0.2, -0.15) is 5.26 Å². The molecule has 0 bridgehead atoms. The zero-order chi connectivity index (χ0) is 19.0. The molecule has 0 atom stereocenters. The van der Waals surface area contributed by atoms with Crippen molar-refractivity contribution in [2.75, 3.05) is 0 Å². The van der Waals surface area contributed by atoms with Crippen molar-refractivity contribution < 1.29 is 0 Å². The largest absolute Gasteiger partial charge is 0.337 e. The summed E-state index contributed by atoms with van der Waals surface area (Å²) in [6.07, 6.45) is 3.78. The number of aromatic nitrogens is 3. The number of hydrogen-bond donors (Lipinski definition) is 1. The summed E-state index contributed by atoms with van der Waals surface area (Å²) in [5, 5.41) is 10.4. The second kappa shape index (κ2) is 6.79. The summed E-state index contributed by atoms with van der Waals surface area (Å²) in [5.41, 5.74) is 6.24. The molecule has 27 heavy (non-hydrogen) atoms. The van der Waals surface area contributed by atoms with Crippen LogP contribution in [0.2, 0.25) is 5.02 Å². The summed E-state index contributed by atoms with van der Waals surface area (Å²) in [6, 6.07) is 18.1. The summed E-state index contributed by atoms with van der Waals surface area (Å²) in [4.78, 5) is 7.80. The highest BCUT2D eigenvalue weighted by atomic mass is 35.5. The number of aryl methyl sites for hydroxylation is 2. The maximum Gasteiger partial charge on any atom is 0.149 e. The molecule has 0 amide bonds. The molecule has 2 aromatic carbocycles. The van der Waals surface area contributed by atoms with E-state index in [9.17, 15) is 5.26 Å². The van der Waals surface area contributed by atoms with Crippen molar-refractivity contribution in [2.24, 2.45) is 0 Å². The number of nitrogens with zero attached hydrogens (tertiary/aromatic N) is 3. The molecule has 1 N–H and O–H groups in total. The molecule has 0 radical (unpaired) electrons. The van der Waals surface area contributed by atoms with Crippen molar-refractivity contribution in [1.82, 2.24) is 14.5 Å². The zero-order valence-electron chi connectivity index (χ0n) is 15.0. The normalized spacial score (nSPS) is 11.7. The Kier molecular flexibility index (Phi) is 4.31. The highest BCUT2D eigenvalue weighted by molar-refractivity contribution is 6.31. The van der Waals surface area contributed by atoms with Gasteiger partial charge in [0.15, 0.2) is 0 Å². The van der Waals surface area contributed by atoms with E-state index in [0.717, 1.165) is 33.5 Å². The van der Waals surface area contributed by atoms with Crippen molar-refractivity contribution >= 4 is 34.3 Å². The smallest absolute Gasteiger partial charge is 0.149 e. The number of H-pyrrole nitrogens is 1. The Morgan fingerprint density at radius 1 is 1.19 bits per heavy atom. The Labute approximate surface area is 162 Å². The molecular formula is C22H17ClN4. The van der Waals surface area contributed by atoms with E-state index in [1.165, 1.54) is 0 Å². The molecular weight excluding hydrogens is 356 g/mol. The molecule has 2 heterocycles. The lowest BCUT2D eigenvalue weighted by Crippen LogP contribution is -1.96. The average Bonchev–Trinajstić information content (AvgIpc) is 3.28. The molecule has 132 valence electrons. The van der Waals surface area contributed by atoms with Gasteiger partial charge in [0.2, 0.25) is 0 Å². The number of hydrogen-bond acceptors (Lipinski definition) is 2. The third-order valence-electron chi connectivity index (χ3n) is 4.52. The molecule has 0 aliphatic carbocycles. The van der Waals surface area contributed by atoms with Gasteiger partial charge in [-0.25, -0.2) is 4.98 Å². The lowest BCUT2D eigenvalue weighted by Gasteiger charge is -2.08. The molecule has 2 aromatic heterocycles. The van der Waals surface area contributed by atoms with E-state index in [1.807, 2.05) is 79.2 Å². The number of benzene rings is 2. The van der Waals surface area contributed by atoms with E-state index >= 15 is 0 Å². The molecule has 4 rings (SSSR count). The van der Waals surface area contributed by atoms with Gasteiger partial charge in [-0.05, 0) is 67.4 Å². The van der Waals surface area contributed by atoms with Gasteiger partial charge >= 0.3 is 0 Å². The van der Waals surface area contributed by atoms with Crippen molar-refractivity contribution in [1.29, 1.82) is 5.26 Å². The van der Waals surface area contributed by atoms with E-state index < -0.39 is 0 Å². The molecule has 0 fully saturated rings. The monoisotopic (exact) mass is 372 g/mol. The molecule has 5 heteroatoms. The number of halogens is 1. The fraction of sp³-hybridized carbons (Fsp3) is 0.0909. The first-order valence-corrected chi connectivity index (χ1v) is 8.95. The number of imidazole rings is 1. The number of rotatable bonds is 3. The Bertz CT molecular complexity index is 1220. The Balaban J connectivity index is 1.78. The summed E-state index contributed by atoms with van der Waals surface area (Å²) in [5.74, 6) is 0.563. The number of nitriles is 1. The van der Waals surface area contributed by atoms with Crippen molar-refractivity contribution in [3.05, 3.63) is 82.4 Å². The molecule has 0 aliphatic heterocycles. The van der Waals surface area contributed by atoms with Gasteiger partial charge in [-0.3, -0.25) is 0 Å². The van der Waals surface area contributed by atoms with Crippen LogP contribution in [0.15, 0.2) is 54.7 Å². The van der Waals surface area contributed by atoms with Crippen LogP contribution in [0.5, 0.6) is 0 Å². The second-order valence-corrected chi connectivity index (χ2v) is 6.92. The maximum absolute atomic E-state index is 9.69. The van der Waals surface area contributed by atoms with Crippen LogP contribution in [0.1, 0.15) is 22.6 Å². The number of nitrogens with one attached hydrogen (secondary N) is 1. The molecule has 0 spiro atoms. The first kappa shape index (κ1) is 17.1. The average molecular weight is 373 g/mol. The highest BCUT2D eigenvalue weighted by Crippen LogP contribution is 2.24. The van der Waals surface area contributed by atoms with Crippen LogP contribution in [-0.4, -0.2) is 14.5 Å². The Hall–Kier alpha value is -3.29. The Morgan fingerprint density at radius 2 is 2.04 bits per heavy atom. The van der Waals surface area contributed by atoms with Crippen LogP contribution in [-0.2, 0) is 0 Å². The lowest BCUT2D eigenvalue weighted by molar-refractivity contribution is 1.06. The van der Waals surface area contributed by atoms with Gasteiger partial charge in [0, 0.05) is 22.6 Å². The van der Waals surface area contributed by atoms with Gasteiger partial charge in [-0.1, -0.05) is 23.7 Å². The van der Waals surface area contributed by atoms with Crippen LogP contribution in [0.3, 0.4) is 0 Å². The topological polar surface area (TPSA) is 57.4 Å². The van der Waals surface area contributed by atoms with Crippen LogP contribution >= 0.6 is 11.6 Å². The van der Waals surface area contributed by atoms with E-state index in [-0.39, 0.29) is 0 Å². The van der Waals surface area contributed by atoms with Gasteiger partial charge in [-0.15, -0.1) is 0 Å². The molecule has 4 aromatic rings. The zero-order valence-corrected chi connectivity index (χ0v) is 15.7. The van der Waals surface area contributed by atoms with Gasteiger partial charge in [0.05, 0.1) is 16.6 Å². The van der Waals surface area contributed by atoms with Gasteiger partial charge < -0.3 is 9.55 Å². The fourth-order valence-electron chi connectivity index (χ4n) is 3.03. The van der Waals surface area contributed by atoms with Crippen molar-refractivity contribution in [3.8, 4) is 11.8 Å². The number of fused-ring (bicyclic) bond motifs is 1. The number of allylic oxidation sites excluding steroid dienone is 1. The van der Waals surface area contributed by atoms with E-state index in [0.29, 0.717) is 16.4 Å². The van der Waals surface area contributed by atoms with Crippen molar-refractivity contribution in [3.63, 3.8) is 0 Å². The first-order chi connectivity index (χ1) is 13.0. The fourth-order valence-corrected chi connectivity index (χ4v) is 3.21. The Morgan fingerprint density at radius 3 is 2.81 bits per heavy atom. The highest BCUT2D eigenvalue weighted by Gasteiger charge is 2.10. The minimum Gasteiger partial charge on any atom is -0.337 e. The second-order valence-electron chi connectivity index (χ2n) is 6.51. The minimum absolute atomic E-state index is 0.474. The van der Waals surface area contributed by atoms with Crippen LogP contribution in [0.4, 0.5) is 0 Å². The SMILES string of the molecule is Cc1ccc2nc(/C(C#N)=C\c3cccn3-c3ccc(C)c(Cl)c3)[nH]c2c1. The maximum atomic E-state index is 9.69. The predicted molar refractivity (Wildman–Crippen MR) is 110 cm³/mol. The molecule has 0 unspecified atom stereocenters. The number of aromatic amines is 1. The lowest BCUT2D eigenvalue weighted by atomic mass is 10.2. The predicted octanol–water partition coefficient (Wildman–Crippen LogP) is 5.69. The van der Waals surface area contributed by atoms with Gasteiger partial charge in [0.1, 0.15) is 11.9 Å². The molecule has 0 saturated carbocycles.